The molecule has 0 unspecified atom stereocenters. The second kappa shape index (κ2) is 18.5. The number of amidine groups is 1. The summed E-state index contributed by atoms with van der Waals surface area (Å²) in [6, 6.07) is 0.215. The summed E-state index contributed by atoms with van der Waals surface area (Å²) in [4.78, 5) is 27.3. The van der Waals surface area contributed by atoms with Crippen molar-refractivity contribution in [1.82, 2.24) is 16.0 Å². The quantitative estimate of drug-likeness (QED) is 0.139. The summed E-state index contributed by atoms with van der Waals surface area (Å²) in [6.07, 6.45) is 6.15. The molecule has 0 aliphatic carbocycles. The average Bonchev–Trinajstić information content (AvgIpc) is 2.63. The van der Waals surface area contributed by atoms with Crippen molar-refractivity contribution in [2.75, 3.05) is 39.3 Å². The number of rotatable bonds is 17. The molecule has 0 aliphatic heterocycles. The monoisotopic (exact) mass is 400 g/mol. The molecule has 2 amide bonds. The lowest BCUT2D eigenvalue weighted by Gasteiger charge is -2.09. The number of alkyl carbamates (subject to hydrolysis) is 1. The molecule has 0 aliphatic rings. The van der Waals surface area contributed by atoms with Crippen molar-refractivity contribution in [3.8, 4) is 0 Å². The molecule has 0 aromatic rings. The highest BCUT2D eigenvalue weighted by atomic mass is 16.6. The lowest BCUT2D eigenvalue weighted by atomic mass is 10.2. The fourth-order valence-electron chi connectivity index (χ4n) is 2.33. The Kier molecular flexibility index (Phi) is 17.3. The number of carbonyl (C=O) groups excluding carboxylic acids is 2. The second-order valence-corrected chi connectivity index (χ2v) is 7.01. The summed E-state index contributed by atoms with van der Waals surface area (Å²) >= 11 is 0. The van der Waals surface area contributed by atoms with Gasteiger partial charge in [-0.2, -0.15) is 0 Å². The molecule has 0 saturated carbocycles. The zero-order valence-electron chi connectivity index (χ0n) is 17.6. The third-order valence-corrected chi connectivity index (χ3v) is 3.93. The molecule has 1 atom stereocenters. The van der Waals surface area contributed by atoms with Crippen molar-refractivity contribution in [1.29, 1.82) is 0 Å². The SMILES string of the molecule is CC(N)=NCCCCCCNC(=O)COC(=O)NCCCCNCC[C@@H](C)N. The Balaban J connectivity index is 3.39. The summed E-state index contributed by atoms with van der Waals surface area (Å²) in [5.41, 5.74) is 11.1. The predicted molar refractivity (Wildman–Crippen MR) is 113 cm³/mol. The van der Waals surface area contributed by atoms with Gasteiger partial charge < -0.3 is 32.2 Å². The largest absolute Gasteiger partial charge is 0.439 e. The number of carbonyl (C=O) groups is 2. The maximum absolute atomic E-state index is 11.6. The summed E-state index contributed by atoms with van der Waals surface area (Å²) in [6.45, 7) is 7.18. The summed E-state index contributed by atoms with van der Waals surface area (Å²) in [5, 5.41) is 8.69. The van der Waals surface area contributed by atoms with Gasteiger partial charge in [-0.1, -0.05) is 12.8 Å². The number of nitrogens with two attached hydrogens (primary N) is 2. The van der Waals surface area contributed by atoms with Crippen LogP contribution in [0.25, 0.3) is 0 Å². The Morgan fingerprint density at radius 2 is 1.61 bits per heavy atom. The lowest BCUT2D eigenvalue weighted by molar-refractivity contribution is -0.123. The molecule has 0 fully saturated rings. The molecule has 0 aromatic carbocycles. The third kappa shape index (κ3) is 20.4. The number of nitrogens with one attached hydrogen (secondary N) is 3. The van der Waals surface area contributed by atoms with Crippen LogP contribution in [0.1, 0.15) is 58.8 Å². The molecule has 0 heterocycles. The molecule has 0 rings (SSSR count). The highest BCUT2D eigenvalue weighted by Gasteiger charge is 2.06. The Labute approximate surface area is 169 Å². The normalized spacial score (nSPS) is 12.5. The van der Waals surface area contributed by atoms with Crippen LogP contribution < -0.4 is 27.4 Å². The molecule has 0 saturated heterocycles. The Morgan fingerprint density at radius 3 is 2.32 bits per heavy atom. The minimum absolute atomic E-state index is 0.215. The molecule has 0 radical (unpaired) electrons. The zero-order valence-corrected chi connectivity index (χ0v) is 17.6. The summed E-state index contributed by atoms with van der Waals surface area (Å²) in [5.74, 6) is 0.332. The van der Waals surface area contributed by atoms with Crippen molar-refractivity contribution in [2.45, 2.75) is 64.8 Å². The molecule has 9 heteroatoms. The van der Waals surface area contributed by atoms with E-state index in [0.717, 1.165) is 64.6 Å². The highest BCUT2D eigenvalue weighted by molar-refractivity contribution is 5.80. The van der Waals surface area contributed by atoms with Crippen LogP contribution in [0.4, 0.5) is 4.79 Å². The molecule has 7 N–H and O–H groups in total. The van der Waals surface area contributed by atoms with Crippen molar-refractivity contribution in [3.63, 3.8) is 0 Å². The molecule has 28 heavy (non-hydrogen) atoms. The predicted octanol–water partition coefficient (Wildman–Crippen LogP) is 0.873. The van der Waals surface area contributed by atoms with Crippen LogP contribution in [-0.2, 0) is 9.53 Å². The topological polar surface area (TPSA) is 144 Å². The molecular formula is C19H40N6O3. The molecule has 0 bridgehead atoms. The number of aliphatic imine (C=N–C) groups is 1. The minimum atomic E-state index is -0.559. The van der Waals surface area contributed by atoms with Gasteiger partial charge in [0.25, 0.3) is 5.91 Å². The molecule has 0 aromatic heterocycles. The smallest absolute Gasteiger partial charge is 0.407 e. The molecule has 0 spiro atoms. The Morgan fingerprint density at radius 1 is 0.964 bits per heavy atom. The van der Waals surface area contributed by atoms with Crippen molar-refractivity contribution >= 4 is 17.8 Å². The zero-order chi connectivity index (χ0) is 21.0. The van der Waals surface area contributed by atoms with Crippen LogP contribution in [0, 0.1) is 0 Å². The molecule has 164 valence electrons. The minimum Gasteiger partial charge on any atom is -0.439 e. The number of hydrogen-bond acceptors (Lipinski definition) is 6. The summed E-state index contributed by atoms with van der Waals surface area (Å²) < 4.78 is 4.89. The van der Waals surface area contributed by atoms with E-state index in [1.807, 2.05) is 6.92 Å². The standard InChI is InChI=1S/C19H40N6O3/c1-16(20)9-14-22-10-7-8-13-25-19(27)28-15-18(26)24-12-6-4-3-5-11-23-17(2)21/h16,22H,3-15,20H2,1-2H3,(H2,21,23)(H,24,26)(H,25,27)/t16-/m1/s1. The van der Waals surface area contributed by atoms with Crippen LogP contribution >= 0.6 is 0 Å². The van der Waals surface area contributed by atoms with E-state index in [0.29, 0.717) is 18.9 Å². The van der Waals surface area contributed by atoms with E-state index in [4.69, 9.17) is 16.2 Å². The Hall–Kier alpha value is -1.87. The number of amides is 2. The average molecular weight is 401 g/mol. The fourth-order valence-corrected chi connectivity index (χ4v) is 2.33. The van der Waals surface area contributed by atoms with Gasteiger partial charge in [-0.25, -0.2) is 4.79 Å². The maximum atomic E-state index is 11.6. The van der Waals surface area contributed by atoms with E-state index in [1.165, 1.54) is 0 Å². The first-order valence-corrected chi connectivity index (χ1v) is 10.3. The molecule has 9 nitrogen and oxygen atoms in total. The van der Waals surface area contributed by atoms with Crippen molar-refractivity contribution in [2.24, 2.45) is 16.5 Å². The molecular weight excluding hydrogens is 360 g/mol. The first kappa shape index (κ1) is 26.1. The van der Waals surface area contributed by atoms with Gasteiger partial charge in [0.2, 0.25) is 0 Å². The van der Waals surface area contributed by atoms with Crippen LogP contribution in [0.3, 0.4) is 0 Å². The first-order chi connectivity index (χ1) is 13.4. The van der Waals surface area contributed by atoms with Gasteiger partial charge in [-0.15, -0.1) is 0 Å². The number of unbranched alkanes of at least 4 members (excludes halogenated alkanes) is 4. The number of nitrogens with zero attached hydrogens (tertiary/aromatic N) is 1. The number of ether oxygens (including phenoxy) is 1. The van der Waals surface area contributed by atoms with E-state index in [9.17, 15) is 9.59 Å². The third-order valence-electron chi connectivity index (χ3n) is 3.93. The highest BCUT2D eigenvalue weighted by Crippen LogP contribution is 1.99. The van der Waals surface area contributed by atoms with Gasteiger partial charge in [0, 0.05) is 25.7 Å². The first-order valence-electron chi connectivity index (χ1n) is 10.3. The van der Waals surface area contributed by atoms with Crippen LogP contribution in [-0.4, -0.2) is 63.2 Å². The van der Waals surface area contributed by atoms with E-state index < -0.39 is 6.09 Å². The van der Waals surface area contributed by atoms with E-state index in [2.05, 4.69) is 20.9 Å². The summed E-state index contributed by atoms with van der Waals surface area (Å²) in [7, 11) is 0. The van der Waals surface area contributed by atoms with Crippen molar-refractivity contribution < 1.29 is 14.3 Å². The Bertz CT molecular complexity index is 439. The number of hydrogen-bond donors (Lipinski definition) is 5. The van der Waals surface area contributed by atoms with Gasteiger partial charge in [0.1, 0.15) is 0 Å². The van der Waals surface area contributed by atoms with E-state index in [-0.39, 0.29) is 18.6 Å². The van der Waals surface area contributed by atoms with Crippen LogP contribution in [0.2, 0.25) is 0 Å². The second-order valence-electron chi connectivity index (χ2n) is 7.01. The fraction of sp³-hybridized carbons (Fsp3) is 0.842. The van der Waals surface area contributed by atoms with Gasteiger partial charge in [0.05, 0.1) is 5.84 Å². The lowest BCUT2D eigenvalue weighted by Crippen LogP contribution is -2.33. The van der Waals surface area contributed by atoms with Gasteiger partial charge in [0.15, 0.2) is 6.61 Å². The maximum Gasteiger partial charge on any atom is 0.407 e. The van der Waals surface area contributed by atoms with E-state index >= 15 is 0 Å². The van der Waals surface area contributed by atoms with Gasteiger partial charge in [-0.05, 0) is 59.0 Å². The van der Waals surface area contributed by atoms with Crippen LogP contribution in [0.15, 0.2) is 4.99 Å². The van der Waals surface area contributed by atoms with E-state index in [1.54, 1.807) is 6.92 Å². The van der Waals surface area contributed by atoms with Crippen molar-refractivity contribution in [3.05, 3.63) is 0 Å². The van der Waals surface area contributed by atoms with Gasteiger partial charge >= 0.3 is 6.09 Å². The van der Waals surface area contributed by atoms with Crippen LogP contribution in [0.5, 0.6) is 0 Å². The van der Waals surface area contributed by atoms with Gasteiger partial charge in [-0.3, -0.25) is 9.79 Å².